The number of ether oxygens (including phenoxy) is 2. The van der Waals surface area contributed by atoms with Crippen LogP contribution in [0.15, 0.2) is 23.1 Å². The Balaban J connectivity index is 1.90. The lowest BCUT2D eigenvalue weighted by Crippen LogP contribution is -2.45. The number of piperidine rings is 1. The zero-order valence-electron chi connectivity index (χ0n) is 13.5. The first-order chi connectivity index (χ1) is 11.4. The van der Waals surface area contributed by atoms with Gasteiger partial charge in [0.05, 0.1) is 24.0 Å². The highest BCUT2D eigenvalue weighted by Gasteiger charge is 2.36. The summed E-state index contributed by atoms with van der Waals surface area (Å²) in [4.78, 5) is 11.4. The Kier molecular flexibility index (Phi) is 4.69. The van der Waals surface area contributed by atoms with Gasteiger partial charge in [-0.15, -0.1) is 0 Å². The number of carboxylic acid groups (broad SMARTS) is 1. The minimum Gasteiger partial charge on any atom is -0.490 e. The molecule has 0 aromatic heterocycles. The highest BCUT2D eigenvalue weighted by molar-refractivity contribution is 7.89. The molecule has 0 spiro atoms. The fraction of sp³-hybridized carbons (Fsp3) is 0.562. The molecule has 2 aliphatic rings. The van der Waals surface area contributed by atoms with Gasteiger partial charge >= 0.3 is 5.97 Å². The summed E-state index contributed by atoms with van der Waals surface area (Å²) in [6.07, 6.45) is 1.23. The standard InChI is InChI=1S/C16H21NO6S/c1-11-7-12(16(18)19)10-17(9-11)24(20,21)13-3-4-14-15(8-13)23-6-2-5-22-14/h3-4,8,11-12H,2,5-7,9-10H2,1H3,(H,18,19). The molecule has 0 bridgehead atoms. The van der Waals surface area contributed by atoms with Crippen molar-refractivity contribution in [2.75, 3.05) is 26.3 Å². The first kappa shape index (κ1) is 17.0. The highest BCUT2D eigenvalue weighted by Crippen LogP contribution is 2.34. The zero-order chi connectivity index (χ0) is 17.3. The SMILES string of the molecule is CC1CC(C(=O)O)CN(S(=O)(=O)c2ccc3c(c2)OCCCO3)C1. The van der Waals surface area contributed by atoms with Gasteiger partial charge in [0.2, 0.25) is 10.0 Å². The summed E-state index contributed by atoms with van der Waals surface area (Å²) in [5, 5.41) is 9.24. The number of benzene rings is 1. The number of rotatable bonds is 3. The smallest absolute Gasteiger partial charge is 0.307 e. The van der Waals surface area contributed by atoms with Crippen LogP contribution in [0.5, 0.6) is 11.5 Å². The molecule has 2 heterocycles. The summed E-state index contributed by atoms with van der Waals surface area (Å²) in [6.45, 7) is 3.18. The van der Waals surface area contributed by atoms with Crippen LogP contribution in [0.25, 0.3) is 0 Å². The molecule has 3 rings (SSSR count). The second-order valence-electron chi connectivity index (χ2n) is 6.36. The number of sulfonamides is 1. The number of hydrogen-bond donors (Lipinski definition) is 1. The summed E-state index contributed by atoms with van der Waals surface area (Å²) in [5.41, 5.74) is 0. The molecule has 1 aromatic rings. The maximum atomic E-state index is 12.9. The van der Waals surface area contributed by atoms with Crippen LogP contribution in [0.2, 0.25) is 0 Å². The third-order valence-electron chi connectivity index (χ3n) is 4.33. The Morgan fingerprint density at radius 2 is 1.92 bits per heavy atom. The van der Waals surface area contributed by atoms with Crippen molar-refractivity contribution in [2.45, 2.75) is 24.7 Å². The molecule has 8 heteroatoms. The van der Waals surface area contributed by atoms with E-state index in [-0.39, 0.29) is 17.4 Å². The second kappa shape index (κ2) is 6.60. The molecule has 0 aliphatic carbocycles. The first-order valence-corrected chi connectivity index (χ1v) is 9.44. The van der Waals surface area contributed by atoms with Crippen molar-refractivity contribution in [3.05, 3.63) is 18.2 Å². The number of carboxylic acids is 1. The van der Waals surface area contributed by atoms with Gasteiger partial charge in [-0.1, -0.05) is 6.92 Å². The van der Waals surface area contributed by atoms with Crippen molar-refractivity contribution in [3.8, 4) is 11.5 Å². The van der Waals surface area contributed by atoms with Crippen LogP contribution >= 0.6 is 0 Å². The quantitative estimate of drug-likeness (QED) is 0.885. The van der Waals surface area contributed by atoms with E-state index in [2.05, 4.69) is 0 Å². The van der Waals surface area contributed by atoms with E-state index >= 15 is 0 Å². The van der Waals surface area contributed by atoms with Crippen LogP contribution in [-0.2, 0) is 14.8 Å². The van der Waals surface area contributed by atoms with Crippen LogP contribution in [0, 0.1) is 11.8 Å². The first-order valence-electron chi connectivity index (χ1n) is 8.00. The number of nitrogens with zero attached hydrogens (tertiary/aromatic N) is 1. The number of hydrogen-bond acceptors (Lipinski definition) is 5. The molecule has 1 N–H and O–H groups in total. The molecule has 1 fully saturated rings. The van der Waals surface area contributed by atoms with Gasteiger partial charge in [-0.3, -0.25) is 4.79 Å². The summed E-state index contributed by atoms with van der Waals surface area (Å²) in [7, 11) is -3.77. The molecule has 2 atom stereocenters. The van der Waals surface area contributed by atoms with Crippen LogP contribution in [0.1, 0.15) is 19.8 Å². The molecule has 7 nitrogen and oxygen atoms in total. The van der Waals surface area contributed by atoms with E-state index in [1.54, 1.807) is 6.07 Å². The van der Waals surface area contributed by atoms with Crippen LogP contribution in [-0.4, -0.2) is 50.1 Å². The Labute approximate surface area is 141 Å². The van der Waals surface area contributed by atoms with Crippen LogP contribution in [0.4, 0.5) is 0 Å². The van der Waals surface area contributed by atoms with Gasteiger partial charge in [0, 0.05) is 25.6 Å². The van der Waals surface area contributed by atoms with E-state index in [0.717, 1.165) is 6.42 Å². The van der Waals surface area contributed by atoms with E-state index in [4.69, 9.17) is 9.47 Å². The Hall–Kier alpha value is -1.80. The van der Waals surface area contributed by atoms with Crippen molar-refractivity contribution in [1.29, 1.82) is 0 Å². The Morgan fingerprint density at radius 1 is 1.21 bits per heavy atom. The predicted octanol–water partition coefficient (Wildman–Crippen LogP) is 1.58. The van der Waals surface area contributed by atoms with E-state index in [1.807, 2.05) is 6.92 Å². The molecule has 0 saturated carbocycles. The topological polar surface area (TPSA) is 93.1 Å². The Bertz CT molecular complexity index is 732. The highest BCUT2D eigenvalue weighted by atomic mass is 32.2. The third kappa shape index (κ3) is 3.34. The molecule has 1 saturated heterocycles. The molecule has 1 aromatic carbocycles. The van der Waals surface area contributed by atoms with E-state index in [9.17, 15) is 18.3 Å². The molecular weight excluding hydrogens is 334 g/mol. The van der Waals surface area contributed by atoms with Crippen LogP contribution < -0.4 is 9.47 Å². The minimum absolute atomic E-state index is 0.00352. The van der Waals surface area contributed by atoms with Gasteiger partial charge in [0.15, 0.2) is 11.5 Å². The maximum absolute atomic E-state index is 12.9. The fourth-order valence-electron chi connectivity index (χ4n) is 3.13. The molecule has 0 radical (unpaired) electrons. The van der Waals surface area contributed by atoms with Gasteiger partial charge in [-0.2, -0.15) is 4.31 Å². The summed E-state index contributed by atoms with van der Waals surface area (Å²) >= 11 is 0. The van der Waals surface area contributed by atoms with Crippen LogP contribution in [0.3, 0.4) is 0 Å². The molecular formula is C16H21NO6S. The molecule has 2 aliphatic heterocycles. The zero-order valence-corrected chi connectivity index (χ0v) is 14.3. The molecule has 24 heavy (non-hydrogen) atoms. The van der Waals surface area contributed by atoms with Gasteiger partial charge in [0.25, 0.3) is 0 Å². The van der Waals surface area contributed by atoms with Gasteiger partial charge in [0.1, 0.15) is 0 Å². The minimum atomic E-state index is -3.77. The van der Waals surface area contributed by atoms with Gasteiger partial charge < -0.3 is 14.6 Å². The lowest BCUT2D eigenvalue weighted by Gasteiger charge is -2.33. The van der Waals surface area contributed by atoms with E-state index in [0.29, 0.717) is 37.7 Å². The monoisotopic (exact) mass is 355 g/mol. The third-order valence-corrected chi connectivity index (χ3v) is 6.16. The maximum Gasteiger partial charge on any atom is 0.307 e. The van der Waals surface area contributed by atoms with Crippen molar-refractivity contribution in [1.82, 2.24) is 4.31 Å². The summed E-state index contributed by atoms with van der Waals surface area (Å²) in [6, 6.07) is 4.54. The lowest BCUT2D eigenvalue weighted by molar-refractivity contribution is -0.143. The van der Waals surface area contributed by atoms with Crippen molar-refractivity contribution >= 4 is 16.0 Å². The average Bonchev–Trinajstić information content (AvgIpc) is 2.78. The fourth-order valence-corrected chi connectivity index (χ4v) is 4.75. The van der Waals surface area contributed by atoms with Crippen molar-refractivity contribution < 1.29 is 27.8 Å². The van der Waals surface area contributed by atoms with E-state index < -0.39 is 21.9 Å². The normalized spacial score (nSPS) is 25.0. The largest absolute Gasteiger partial charge is 0.490 e. The molecule has 2 unspecified atom stereocenters. The molecule has 132 valence electrons. The number of fused-ring (bicyclic) bond motifs is 1. The molecule has 0 amide bonds. The van der Waals surface area contributed by atoms with E-state index in [1.165, 1.54) is 16.4 Å². The second-order valence-corrected chi connectivity index (χ2v) is 8.30. The Morgan fingerprint density at radius 3 is 2.62 bits per heavy atom. The summed E-state index contributed by atoms with van der Waals surface area (Å²) < 4.78 is 38.1. The van der Waals surface area contributed by atoms with Crippen molar-refractivity contribution in [3.63, 3.8) is 0 Å². The number of aliphatic carboxylic acids is 1. The number of carbonyl (C=O) groups is 1. The lowest BCUT2D eigenvalue weighted by atomic mass is 9.92. The summed E-state index contributed by atoms with van der Waals surface area (Å²) in [5.74, 6) is -0.699. The average molecular weight is 355 g/mol. The van der Waals surface area contributed by atoms with Gasteiger partial charge in [-0.05, 0) is 24.5 Å². The predicted molar refractivity (Wildman–Crippen MR) is 85.7 cm³/mol. The van der Waals surface area contributed by atoms with Crippen molar-refractivity contribution in [2.24, 2.45) is 11.8 Å². The van der Waals surface area contributed by atoms with Gasteiger partial charge in [-0.25, -0.2) is 8.42 Å².